The van der Waals surface area contributed by atoms with E-state index in [-0.39, 0.29) is 23.9 Å². The SMILES string of the molecule is CN.O=CC12CC3CC(C1)C(NC(=O)N1CCN(c4ccc(N5CCC6(CC5)CC6(F)F)cn4)c4ccccc41)C(C3)C2. The number of nitrogens with zero attached hydrogens (tertiary/aromatic N) is 4. The second-order valence-electron chi connectivity index (χ2n) is 13.7. The van der Waals surface area contributed by atoms with Crippen LogP contribution in [0.25, 0.3) is 0 Å². The number of anilines is 4. The van der Waals surface area contributed by atoms with Gasteiger partial charge in [-0.2, -0.15) is 0 Å². The molecule has 4 bridgehead atoms. The molecule has 3 heterocycles. The van der Waals surface area contributed by atoms with Crippen LogP contribution in [0, 0.1) is 28.6 Å². The molecule has 5 saturated carbocycles. The number of hydrogen-bond donors (Lipinski definition) is 2. The smallest absolute Gasteiger partial charge is 0.322 e. The summed E-state index contributed by atoms with van der Waals surface area (Å²) < 4.78 is 27.6. The van der Waals surface area contributed by atoms with Crippen LogP contribution in [0.15, 0.2) is 42.6 Å². The molecule has 2 amide bonds. The number of para-hydroxylation sites is 2. The first kappa shape index (κ1) is 28.5. The average molecular weight is 593 g/mol. The molecule has 1 saturated heterocycles. The number of nitrogens with one attached hydrogen (secondary N) is 1. The molecule has 2 aromatic rings. The number of halogens is 2. The van der Waals surface area contributed by atoms with E-state index >= 15 is 0 Å². The zero-order chi connectivity index (χ0) is 30.0. The number of carbonyl (C=O) groups is 2. The summed E-state index contributed by atoms with van der Waals surface area (Å²) in [4.78, 5) is 36.6. The predicted molar refractivity (Wildman–Crippen MR) is 163 cm³/mol. The first-order valence-electron chi connectivity index (χ1n) is 15.9. The summed E-state index contributed by atoms with van der Waals surface area (Å²) in [5, 5.41) is 3.41. The van der Waals surface area contributed by atoms with Gasteiger partial charge in [0.25, 0.3) is 5.92 Å². The standard InChI is InChI=1S/C32H37F2N5O2.CH5N/c33-32(34)19-31(32)7-9-37(10-8-31)24-5-6-27(35-18-24)38-11-12-39(26-4-2-1-3-25(26)38)29(41)36-28-22-13-21-14-23(28)17-30(15-21,16-22)20-40;1-2/h1-6,18,20-23,28H,7-17,19H2,(H,36,41);2H2,1H3. The van der Waals surface area contributed by atoms with Gasteiger partial charge in [-0.1, -0.05) is 12.1 Å². The lowest BCUT2D eigenvalue weighted by Gasteiger charge is -2.58. The molecule has 10 heteroatoms. The lowest BCUT2D eigenvalue weighted by atomic mass is 9.48. The number of nitrogens with two attached hydrogens (primary N) is 1. The number of alkyl halides is 2. The monoisotopic (exact) mass is 592 g/mol. The Balaban J connectivity index is 0.00000147. The van der Waals surface area contributed by atoms with E-state index in [2.05, 4.69) is 20.9 Å². The summed E-state index contributed by atoms with van der Waals surface area (Å²) in [5.41, 5.74) is 6.35. The molecule has 1 spiro atoms. The van der Waals surface area contributed by atoms with Gasteiger partial charge in [-0.3, -0.25) is 4.90 Å². The minimum Gasteiger partial charge on any atom is -0.370 e. The Bertz CT molecular complexity index is 1360. The van der Waals surface area contributed by atoms with Crippen molar-refractivity contribution in [1.29, 1.82) is 0 Å². The molecule has 6 fully saturated rings. The molecule has 5 aliphatic carbocycles. The number of aromatic nitrogens is 1. The molecule has 1 aromatic carbocycles. The summed E-state index contributed by atoms with van der Waals surface area (Å²) in [5.74, 6) is -0.267. The highest BCUT2D eigenvalue weighted by Crippen LogP contribution is 2.66. The summed E-state index contributed by atoms with van der Waals surface area (Å²) in [6, 6.07) is 12.1. The Labute approximate surface area is 252 Å². The van der Waals surface area contributed by atoms with Crippen molar-refractivity contribution >= 4 is 35.2 Å². The Morgan fingerprint density at radius 3 is 2.26 bits per heavy atom. The number of benzene rings is 1. The van der Waals surface area contributed by atoms with E-state index in [0.29, 0.717) is 56.8 Å². The van der Waals surface area contributed by atoms with Crippen molar-refractivity contribution in [3.8, 4) is 0 Å². The summed E-state index contributed by atoms with van der Waals surface area (Å²) in [6.07, 6.45) is 9.24. The first-order valence-corrected chi connectivity index (χ1v) is 15.9. The van der Waals surface area contributed by atoms with E-state index in [0.717, 1.165) is 55.0 Å². The van der Waals surface area contributed by atoms with Crippen LogP contribution in [-0.4, -0.2) is 62.5 Å². The van der Waals surface area contributed by atoms with Crippen LogP contribution in [0.2, 0.25) is 0 Å². The molecule has 8 nitrogen and oxygen atoms in total. The second kappa shape index (κ2) is 10.4. The molecular weight excluding hydrogens is 550 g/mol. The van der Waals surface area contributed by atoms with Gasteiger partial charge in [0.05, 0.1) is 23.3 Å². The molecule has 2 aliphatic heterocycles. The van der Waals surface area contributed by atoms with Gasteiger partial charge < -0.3 is 25.6 Å². The number of carbonyl (C=O) groups excluding carboxylic acids is 2. The first-order chi connectivity index (χ1) is 20.8. The van der Waals surface area contributed by atoms with E-state index in [9.17, 15) is 18.4 Å². The van der Waals surface area contributed by atoms with Crippen molar-refractivity contribution < 1.29 is 18.4 Å². The number of pyridine rings is 1. The van der Waals surface area contributed by atoms with E-state index in [1.165, 1.54) is 13.3 Å². The highest BCUT2D eigenvalue weighted by Gasteiger charge is 2.70. The fraction of sp³-hybridized carbons (Fsp3) is 0.606. The van der Waals surface area contributed by atoms with E-state index < -0.39 is 11.3 Å². The molecule has 2 unspecified atom stereocenters. The lowest BCUT2D eigenvalue weighted by molar-refractivity contribution is -0.133. The molecule has 3 N–H and O–H groups in total. The Kier molecular flexibility index (Phi) is 6.91. The minimum absolute atomic E-state index is 0.0393. The summed E-state index contributed by atoms with van der Waals surface area (Å²) in [6.45, 7) is 2.42. The van der Waals surface area contributed by atoms with Crippen LogP contribution in [0.1, 0.15) is 51.4 Å². The van der Waals surface area contributed by atoms with Gasteiger partial charge in [-0.05, 0) is 94.0 Å². The van der Waals surface area contributed by atoms with Crippen molar-refractivity contribution in [2.24, 2.45) is 34.3 Å². The van der Waals surface area contributed by atoms with Crippen LogP contribution in [0.4, 0.5) is 36.5 Å². The number of urea groups is 1. The largest absolute Gasteiger partial charge is 0.370 e. The number of aldehydes is 1. The molecule has 1 aromatic heterocycles. The van der Waals surface area contributed by atoms with Crippen molar-refractivity contribution in [2.45, 2.75) is 63.3 Å². The maximum absolute atomic E-state index is 13.8. The third kappa shape index (κ3) is 4.67. The highest BCUT2D eigenvalue weighted by atomic mass is 19.3. The van der Waals surface area contributed by atoms with Crippen molar-refractivity contribution in [2.75, 3.05) is 47.9 Å². The van der Waals surface area contributed by atoms with Crippen LogP contribution in [0.3, 0.4) is 0 Å². The third-order valence-corrected chi connectivity index (χ3v) is 11.4. The number of hydrogen-bond acceptors (Lipinski definition) is 6. The van der Waals surface area contributed by atoms with Crippen molar-refractivity contribution in [3.63, 3.8) is 0 Å². The quantitative estimate of drug-likeness (QED) is 0.466. The zero-order valence-electron chi connectivity index (χ0n) is 24.9. The van der Waals surface area contributed by atoms with E-state index in [1.54, 1.807) is 0 Å². The van der Waals surface area contributed by atoms with Gasteiger partial charge in [0.15, 0.2) is 0 Å². The number of rotatable bonds is 4. The molecule has 9 rings (SSSR count). The van der Waals surface area contributed by atoms with Gasteiger partial charge in [0, 0.05) is 49.5 Å². The maximum atomic E-state index is 13.8. The summed E-state index contributed by atoms with van der Waals surface area (Å²) >= 11 is 0. The van der Waals surface area contributed by atoms with Crippen molar-refractivity contribution in [1.82, 2.24) is 10.3 Å². The number of amides is 2. The Hall–Kier alpha value is -3.27. The van der Waals surface area contributed by atoms with Crippen LogP contribution < -0.4 is 25.8 Å². The number of fused-ring (bicyclic) bond motifs is 1. The molecular formula is C33H42F2N6O2. The third-order valence-electron chi connectivity index (χ3n) is 11.4. The minimum atomic E-state index is -2.48. The summed E-state index contributed by atoms with van der Waals surface area (Å²) in [7, 11) is 1.50. The van der Waals surface area contributed by atoms with E-state index in [4.69, 9.17) is 4.98 Å². The van der Waals surface area contributed by atoms with Gasteiger partial charge >= 0.3 is 6.03 Å². The van der Waals surface area contributed by atoms with E-state index in [1.807, 2.05) is 47.5 Å². The fourth-order valence-electron chi connectivity index (χ4n) is 9.34. The molecule has 0 radical (unpaired) electrons. The van der Waals surface area contributed by atoms with Crippen LogP contribution in [0.5, 0.6) is 0 Å². The molecule has 7 aliphatic rings. The lowest BCUT2D eigenvalue weighted by Crippen LogP contribution is -2.61. The highest BCUT2D eigenvalue weighted by molar-refractivity contribution is 5.98. The van der Waals surface area contributed by atoms with Gasteiger partial charge in [0.1, 0.15) is 12.1 Å². The second-order valence-corrected chi connectivity index (χ2v) is 13.7. The van der Waals surface area contributed by atoms with Gasteiger partial charge in [-0.15, -0.1) is 0 Å². The van der Waals surface area contributed by atoms with Crippen LogP contribution >= 0.6 is 0 Å². The van der Waals surface area contributed by atoms with Gasteiger partial charge in [-0.25, -0.2) is 18.6 Å². The molecule has 2 atom stereocenters. The maximum Gasteiger partial charge on any atom is 0.322 e. The normalized spacial score (nSPS) is 32.5. The fourth-order valence-corrected chi connectivity index (χ4v) is 9.34. The van der Waals surface area contributed by atoms with Crippen molar-refractivity contribution in [3.05, 3.63) is 42.6 Å². The van der Waals surface area contributed by atoms with Gasteiger partial charge in [0.2, 0.25) is 0 Å². The molecule has 230 valence electrons. The van der Waals surface area contributed by atoms with Crippen LogP contribution in [-0.2, 0) is 4.79 Å². The number of piperidine rings is 1. The topological polar surface area (TPSA) is 94.8 Å². The predicted octanol–water partition coefficient (Wildman–Crippen LogP) is 5.34. The zero-order valence-corrected chi connectivity index (χ0v) is 24.9. The average Bonchev–Trinajstić information content (AvgIpc) is 3.57. The Morgan fingerprint density at radius 2 is 1.65 bits per heavy atom. The Morgan fingerprint density at radius 1 is 0.977 bits per heavy atom. The molecule has 43 heavy (non-hydrogen) atoms.